The number of nitrogens with zero attached hydrogens (tertiary/aromatic N) is 4. The first kappa shape index (κ1) is 12.8. The van der Waals surface area contributed by atoms with Crippen LogP contribution in [-0.4, -0.2) is 33.5 Å². The molecule has 18 heavy (non-hydrogen) atoms. The number of rotatable bonds is 6. The Balaban J connectivity index is 1.81. The second-order valence-corrected chi connectivity index (χ2v) is 4.42. The number of aryl methyl sites for hydroxylation is 1. The molecule has 2 aromatic rings. The second-order valence-electron chi connectivity index (χ2n) is 4.42. The highest BCUT2D eigenvalue weighted by molar-refractivity contribution is 5.14. The monoisotopic (exact) mass is 249 g/mol. The van der Waals surface area contributed by atoms with Gasteiger partial charge in [-0.05, 0) is 20.0 Å². The Morgan fingerprint density at radius 2 is 2.33 bits per heavy atom. The van der Waals surface area contributed by atoms with Crippen molar-refractivity contribution >= 4 is 0 Å². The summed E-state index contributed by atoms with van der Waals surface area (Å²) in [5.74, 6) is 0.980. The van der Waals surface area contributed by atoms with Crippen molar-refractivity contribution < 1.29 is 4.42 Å². The van der Waals surface area contributed by atoms with Crippen molar-refractivity contribution in [3.63, 3.8) is 0 Å². The van der Waals surface area contributed by atoms with Crippen LogP contribution >= 0.6 is 0 Å². The van der Waals surface area contributed by atoms with Gasteiger partial charge in [0.1, 0.15) is 5.76 Å². The molecular formula is C12H19N5O. The average molecular weight is 249 g/mol. The van der Waals surface area contributed by atoms with Crippen LogP contribution in [0.2, 0.25) is 0 Å². The van der Waals surface area contributed by atoms with Crippen LogP contribution in [0.3, 0.4) is 0 Å². The molecule has 0 spiro atoms. The van der Waals surface area contributed by atoms with E-state index in [9.17, 15) is 0 Å². The minimum absolute atomic E-state index is 0.435. The van der Waals surface area contributed by atoms with Gasteiger partial charge in [0.05, 0.1) is 18.5 Å². The van der Waals surface area contributed by atoms with Gasteiger partial charge in [-0.15, -0.1) is 5.10 Å². The molecule has 0 amide bonds. The fraction of sp³-hybridized carbons (Fsp3) is 0.500. The molecular weight excluding hydrogens is 230 g/mol. The Hall–Kier alpha value is -1.66. The molecule has 6 heteroatoms. The van der Waals surface area contributed by atoms with Crippen LogP contribution in [0.4, 0.5) is 0 Å². The van der Waals surface area contributed by atoms with E-state index in [4.69, 9.17) is 10.2 Å². The Morgan fingerprint density at radius 1 is 1.50 bits per heavy atom. The van der Waals surface area contributed by atoms with E-state index in [2.05, 4.69) is 22.3 Å². The highest BCUT2D eigenvalue weighted by atomic mass is 16.3. The van der Waals surface area contributed by atoms with E-state index >= 15 is 0 Å². The van der Waals surface area contributed by atoms with Crippen LogP contribution in [0.1, 0.15) is 17.0 Å². The maximum Gasteiger partial charge on any atom is 0.105 e. The quantitative estimate of drug-likeness (QED) is 0.818. The molecule has 0 bridgehead atoms. The van der Waals surface area contributed by atoms with Gasteiger partial charge in [-0.2, -0.15) is 0 Å². The van der Waals surface area contributed by atoms with Crippen LogP contribution in [0.15, 0.2) is 22.9 Å². The maximum absolute atomic E-state index is 5.49. The molecule has 0 saturated heterocycles. The molecule has 2 rings (SSSR count). The number of nitrogens with two attached hydrogens (primary N) is 1. The van der Waals surface area contributed by atoms with Gasteiger partial charge in [-0.25, -0.2) is 0 Å². The summed E-state index contributed by atoms with van der Waals surface area (Å²) in [6, 6.07) is 2.01. The van der Waals surface area contributed by atoms with E-state index in [0.29, 0.717) is 6.54 Å². The molecule has 6 nitrogen and oxygen atoms in total. The Morgan fingerprint density at radius 3 is 2.94 bits per heavy atom. The summed E-state index contributed by atoms with van der Waals surface area (Å²) in [4.78, 5) is 2.22. The summed E-state index contributed by atoms with van der Waals surface area (Å²) in [7, 11) is 2.08. The molecule has 2 N–H and O–H groups in total. The lowest BCUT2D eigenvalue weighted by Gasteiger charge is -2.15. The van der Waals surface area contributed by atoms with Crippen LogP contribution in [0.5, 0.6) is 0 Å². The van der Waals surface area contributed by atoms with E-state index in [1.54, 1.807) is 6.26 Å². The second kappa shape index (κ2) is 5.79. The predicted molar refractivity (Wildman–Crippen MR) is 67.7 cm³/mol. The van der Waals surface area contributed by atoms with Crippen molar-refractivity contribution in [3.8, 4) is 0 Å². The Labute approximate surface area is 106 Å². The minimum atomic E-state index is 0.435. The van der Waals surface area contributed by atoms with E-state index in [1.807, 2.05) is 23.9 Å². The van der Waals surface area contributed by atoms with Gasteiger partial charge in [0.25, 0.3) is 0 Å². The molecule has 0 fully saturated rings. The molecule has 0 aliphatic rings. The van der Waals surface area contributed by atoms with Crippen molar-refractivity contribution in [1.29, 1.82) is 0 Å². The summed E-state index contributed by atoms with van der Waals surface area (Å²) in [5, 5.41) is 7.97. The lowest BCUT2D eigenvalue weighted by molar-refractivity contribution is 0.301. The van der Waals surface area contributed by atoms with Crippen molar-refractivity contribution in [1.82, 2.24) is 19.9 Å². The zero-order chi connectivity index (χ0) is 13.0. The number of hydrogen-bond donors (Lipinski definition) is 1. The van der Waals surface area contributed by atoms with Crippen LogP contribution in [-0.2, 0) is 19.6 Å². The molecule has 0 saturated carbocycles. The fourth-order valence-electron chi connectivity index (χ4n) is 1.76. The molecule has 0 aromatic carbocycles. The molecule has 2 heterocycles. The fourth-order valence-corrected chi connectivity index (χ4v) is 1.76. The van der Waals surface area contributed by atoms with E-state index < -0.39 is 0 Å². The molecule has 2 aromatic heterocycles. The first-order chi connectivity index (χ1) is 8.69. The minimum Gasteiger partial charge on any atom is -0.469 e. The van der Waals surface area contributed by atoms with Crippen LogP contribution < -0.4 is 5.73 Å². The van der Waals surface area contributed by atoms with E-state index in [-0.39, 0.29) is 0 Å². The standard InChI is InChI=1S/C12H19N5O/c1-10-11(3-6-18-10)8-16(2)4-5-17-9-12(7-13)14-15-17/h3,6,9H,4-5,7-8,13H2,1-2H3. The van der Waals surface area contributed by atoms with E-state index in [1.165, 1.54) is 5.56 Å². The Bertz CT molecular complexity index is 490. The Kier molecular flexibility index (Phi) is 4.11. The maximum atomic E-state index is 5.49. The van der Waals surface area contributed by atoms with E-state index in [0.717, 1.165) is 31.1 Å². The van der Waals surface area contributed by atoms with Crippen molar-refractivity contribution in [2.75, 3.05) is 13.6 Å². The van der Waals surface area contributed by atoms with Crippen LogP contribution in [0, 0.1) is 6.92 Å². The summed E-state index contributed by atoms with van der Waals surface area (Å²) in [5.41, 5.74) is 7.53. The normalized spacial score (nSPS) is 11.3. The summed E-state index contributed by atoms with van der Waals surface area (Å²) < 4.78 is 7.10. The van der Waals surface area contributed by atoms with Gasteiger partial charge < -0.3 is 15.1 Å². The average Bonchev–Trinajstić information content (AvgIpc) is 2.97. The molecule has 0 aliphatic carbocycles. The third-order valence-electron chi connectivity index (χ3n) is 2.91. The largest absolute Gasteiger partial charge is 0.469 e. The zero-order valence-corrected chi connectivity index (χ0v) is 10.8. The topological polar surface area (TPSA) is 73.1 Å². The number of furan rings is 1. The van der Waals surface area contributed by atoms with Gasteiger partial charge in [-0.3, -0.25) is 4.68 Å². The van der Waals surface area contributed by atoms with Crippen molar-refractivity contribution in [2.24, 2.45) is 5.73 Å². The van der Waals surface area contributed by atoms with Gasteiger partial charge in [-0.1, -0.05) is 5.21 Å². The van der Waals surface area contributed by atoms with Crippen molar-refractivity contribution in [3.05, 3.63) is 35.5 Å². The van der Waals surface area contributed by atoms with Gasteiger partial charge in [0.15, 0.2) is 0 Å². The number of aromatic nitrogens is 3. The molecule has 0 unspecified atom stereocenters. The number of likely N-dealkylation sites (N-methyl/N-ethyl adjacent to an activating group) is 1. The van der Waals surface area contributed by atoms with Crippen LogP contribution in [0.25, 0.3) is 0 Å². The van der Waals surface area contributed by atoms with Gasteiger partial charge in [0, 0.05) is 31.4 Å². The van der Waals surface area contributed by atoms with Crippen molar-refractivity contribution in [2.45, 2.75) is 26.6 Å². The third kappa shape index (κ3) is 3.18. The first-order valence-corrected chi connectivity index (χ1v) is 5.99. The summed E-state index contributed by atoms with van der Waals surface area (Å²) >= 11 is 0. The third-order valence-corrected chi connectivity index (χ3v) is 2.91. The predicted octanol–water partition coefficient (Wildman–Crippen LogP) is 0.770. The molecule has 0 atom stereocenters. The summed E-state index contributed by atoms with van der Waals surface area (Å²) in [6.45, 7) is 5.00. The molecule has 98 valence electrons. The SMILES string of the molecule is Cc1occc1CN(C)CCn1cc(CN)nn1. The van der Waals surface area contributed by atoms with Gasteiger partial charge in [0.2, 0.25) is 0 Å². The molecule has 0 radical (unpaired) electrons. The smallest absolute Gasteiger partial charge is 0.105 e. The lowest BCUT2D eigenvalue weighted by atomic mass is 10.2. The van der Waals surface area contributed by atoms with Gasteiger partial charge >= 0.3 is 0 Å². The lowest BCUT2D eigenvalue weighted by Crippen LogP contribution is -2.23. The zero-order valence-electron chi connectivity index (χ0n) is 10.8. The highest BCUT2D eigenvalue weighted by Crippen LogP contribution is 2.10. The number of hydrogen-bond acceptors (Lipinski definition) is 5. The molecule has 0 aliphatic heterocycles. The first-order valence-electron chi connectivity index (χ1n) is 5.99. The highest BCUT2D eigenvalue weighted by Gasteiger charge is 2.06. The summed E-state index contributed by atoms with van der Waals surface area (Å²) in [6.07, 6.45) is 3.61.